The van der Waals surface area contributed by atoms with Crippen molar-refractivity contribution in [2.24, 2.45) is 11.3 Å². The van der Waals surface area contributed by atoms with Crippen molar-refractivity contribution >= 4 is 12.4 Å². The second-order valence-corrected chi connectivity index (χ2v) is 8.22. The molecule has 2 fully saturated rings. The van der Waals surface area contributed by atoms with E-state index in [4.69, 9.17) is 9.90 Å². The Morgan fingerprint density at radius 1 is 1.26 bits per heavy atom. The van der Waals surface area contributed by atoms with Crippen LogP contribution in [0, 0.1) is 11.3 Å². The highest BCUT2D eigenvalue weighted by atomic mass is 16.3. The van der Waals surface area contributed by atoms with Crippen LogP contribution in [-0.4, -0.2) is 74.5 Å². The van der Waals surface area contributed by atoms with Gasteiger partial charge in [0.05, 0.1) is 6.10 Å². The van der Waals surface area contributed by atoms with Gasteiger partial charge in [-0.25, -0.2) is 0 Å². The lowest BCUT2D eigenvalue weighted by molar-refractivity contribution is -0.123. The van der Waals surface area contributed by atoms with Crippen LogP contribution in [-0.2, 0) is 16.1 Å². The summed E-state index contributed by atoms with van der Waals surface area (Å²) in [6, 6.07) is 10.4. The van der Waals surface area contributed by atoms with Crippen molar-refractivity contribution < 1.29 is 19.8 Å². The smallest absolute Gasteiger partial charge is 0.290 e. The van der Waals surface area contributed by atoms with Crippen molar-refractivity contribution in [3.8, 4) is 0 Å². The molecule has 0 bridgehead atoms. The number of carbonyl (C=O) groups excluding carboxylic acids is 1. The number of aliphatic hydroxyl groups excluding tert-OH is 1. The molecule has 1 saturated carbocycles. The van der Waals surface area contributed by atoms with Crippen molar-refractivity contribution in [1.29, 1.82) is 0 Å². The third-order valence-electron chi connectivity index (χ3n) is 6.41. The van der Waals surface area contributed by atoms with E-state index in [1.165, 1.54) is 5.56 Å². The molecule has 2 aromatic rings. The molecule has 4 atom stereocenters. The Kier molecular flexibility index (Phi) is 7.75. The highest BCUT2D eigenvalue weighted by Gasteiger charge is 2.70. The number of carboxylic acid groups (broad SMARTS) is 1. The van der Waals surface area contributed by atoms with E-state index in [0.29, 0.717) is 19.5 Å². The van der Waals surface area contributed by atoms with Gasteiger partial charge in [-0.05, 0) is 23.8 Å². The monoisotopic (exact) mass is 429 g/mol. The quantitative estimate of drug-likeness (QED) is 0.535. The van der Waals surface area contributed by atoms with Crippen LogP contribution in [0.3, 0.4) is 0 Å². The fourth-order valence-corrected chi connectivity index (χ4v) is 5.00. The van der Waals surface area contributed by atoms with Gasteiger partial charge in [0, 0.05) is 44.6 Å². The lowest BCUT2D eigenvalue weighted by Gasteiger charge is -2.17. The molecule has 1 amide bonds. The Balaban J connectivity index is 0.000000858. The minimum atomic E-state index is -0.383. The zero-order valence-corrected chi connectivity index (χ0v) is 17.8. The molecule has 1 spiro atoms. The number of β-amino-alcohol motifs (C(OH)–C–C–N with tert-alkyl or cyclic N) is 1. The molecular formula is C22H31N5O4. The highest BCUT2D eigenvalue weighted by Crippen LogP contribution is 2.68. The van der Waals surface area contributed by atoms with Gasteiger partial charge in [-0.2, -0.15) is 0 Å². The van der Waals surface area contributed by atoms with Gasteiger partial charge in [0.25, 0.3) is 6.47 Å². The highest BCUT2D eigenvalue weighted by molar-refractivity contribution is 5.75. The molecule has 3 N–H and O–H groups in total. The Hall–Kier alpha value is -2.78. The van der Waals surface area contributed by atoms with Crippen LogP contribution < -0.4 is 5.32 Å². The standard InChI is InChI=1S/C21H29N5O2.CH2O2/c1-2-6-19(28)22-11-17-20(16-7-4-3-5-8-16)21(17)13-25(12-18(21)27)9-10-26-14-23-24-15-26;2-1-3/h3-5,7-8,14-15,17-18,20,27H,2,6,9-13H2,1H3,(H,22,28);1H,(H,2,3)/t17-,18+,20-,21-;/m1./s1. The molecule has 1 saturated heterocycles. The van der Waals surface area contributed by atoms with Gasteiger partial charge in [0.15, 0.2) is 0 Å². The summed E-state index contributed by atoms with van der Waals surface area (Å²) in [7, 11) is 0. The largest absolute Gasteiger partial charge is 0.483 e. The molecule has 168 valence electrons. The van der Waals surface area contributed by atoms with Crippen LogP contribution in [0.4, 0.5) is 0 Å². The van der Waals surface area contributed by atoms with Gasteiger partial charge in [0.1, 0.15) is 12.7 Å². The second-order valence-electron chi connectivity index (χ2n) is 8.22. The first-order valence-electron chi connectivity index (χ1n) is 10.7. The summed E-state index contributed by atoms with van der Waals surface area (Å²) in [5.41, 5.74) is 1.09. The minimum absolute atomic E-state index is 0.105. The molecule has 31 heavy (non-hydrogen) atoms. The molecule has 4 rings (SSSR count). The first-order valence-corrected chi connectivity index (χ1v) is 10.7. The number of hydrogen-bond acceptors (Lipinski definition) is 6. The summed E-state index contributed by atoms with van der Waals surface area (Å²) in [5, 5.41) is 28.7. The second kappa shape index (κ2) is 10.5. The number of nitrogens with zero attached hydrogens (tertiary/aromatic N) is 4. The number of aliphatic hydroxyl groups is 1. The number of rotatable bonds is 8. The van der Waals surface area contributed by atoms with Crippen LogP contribution in [0.5, 0.6) is 0 Å². The molecule has 9 nitrogen and oxygen atoms in total. The maximum Gasteiger partial charge on any atom is 0.290 e. The molecule has 2 aliphatic rings. The first-order chi connectivity index (χ1) is 15.1. The SMILES string of the molecule is CCCC(=O)NC[C@@H]1[C@@H](c2ccccc2)[C@]12CN(CCn1cnnc1)C[C@@H]2O.O=CO. The summed E-state index contributed by atoms with van der Waals surface area (Å²) < 4.78 is 1.96. The predicted molar refractivity (Wildman–Crippen MR) is 114 cm³/mol. The molecule has 1 aromatic heterocycles. The van der Waals surface area contributed by atoms with Gasteiger partial charge in [-0.15, -0.1) is 10.2 Å². The number of amides is 1. The van der Waals surface area contributed by atoms with Crippen LogP contribution in [0.15, 0.2) is 43.0 Å². The molecule has 0 unspecified atom stereocenters. The van der Waals surface area contributed by atoms with Gasteiger partial charge < -0.3 is 20.1 Å². The Morgan fingerprint density at radius 2 is 1.94 bits per heavy atom. The van der Waals surface area contributed by atoms with E-state index < -0.39 is 0 Å². The topological polar surface area (TPSA) is 121 Å². The maximum atomic E-state index is 12.0. The fourth-order valence-electron chi connectivity index (χ4n) is 5.00. The van der Waals surface area contributed by atoms with E-state index in [2.05, 4.69) is 44.7 Å². The summed E-state index contributed by atoms with van der Waals surface area (Å²) in [4.78, 5) is 22.7. The molecule has 9 heteroatoms. The van der Waals surface area contributed by atoms with Gasteiger partial charge in [-0.1, -0.05) is 37.3 Å². The third kappa shape index (κ3) is 5.11. The lowest BCUT2D eigenvalue weighted by Crippen LogP contribution is -2.30. The van der Waals surface area contributed by atoms with E-state index in [-0.39, 0.29) is 35.7 Å². The maximum absolute atomic E-state index is 12.0. The Morgan fingerprint density at radius 3 is 2.58 bits per heavy atom. The van der Waals surface area contributed by atoms with Gasteiger partial charge >= 0.3 is 0 Å². The number of likely N-dealkylation sites (tertiary alicyclic amines) is 1. The average Bonchev–Trinajstić information content (AvgIpc) is 3.05. The normalized spacial score (nSPS) is 26.8. The van der Waals surface area contributed by atoms with E-state index in [9.17, 15) is 9.90 Å². The van der Waals surface area contributed by atoms with Crippen LogP contribution in [0.1, 0.15) is 31.2 Å². The van der Waals surface area contributed by atoms with E-state index in [1.807, 2.05) is 17.6 Å². The van der Waals surface area contributed by atoms with Crippen LogP contribution >= 0.6 is 0 Å². The van der Waals surface area contributed by atoms with Crippen molar-refractivity contribution in [2.75, 3.05) is 26.2 Å². The predicted octanol–water partition coefficient (Wildman–Crippen LogP) is 0.972. The summed E-state index contributed by atoms with van der Waals surface area (Å²) in [5.74, 6) is 0.657. The number of nitrogens with one attached hydrogen (secondary N) is 1. The molecule has 1 aliphatic carbocycles. The van der Waals surface area contributed by atoms with Crippen LogP contribution in [0.2, 0.25) is 0 Å². The van der Waals surface area contributed by atoms with Crippen molar-refractivity contribution in [2.45, 2.75) is 38.3 Å². The average molecular weight is 430 g/mol. The number of hydrogen-bond donors (Lipinski definition) is 3. The van der Waals surface area contributed by atoms with Crippen molar-refractivity contribution in [3.63, 3.8) is 0 Å². The van der Waals surface area contributed by atoms with E-state index >= 15 is 0 Å². The zero-order valence-electron chi connectivity index (χ0n) is 17.8. The summed E-state index contributed by atoms with van der Waals surface area (Å²) in [6.45, 7) is 5.58. The zero-order chi connectivity index (χ0) is 22.3. The van der Waals surface area contributed by atoms with Crippen molar-refractivity contribution in [1.82, 2.24) is 25.0 Å². The number of aromatic nitrogens is 3. The number of benzene rings is 1. The fraction of sp³-hybridized carbons (Fsp3) is 0.545. The van der Waals surface area contributed by atoms with Crippen LogP contribution in [0.25, 0.3) is 0 Å². The first kappa shape index (κ1) is 22.9. The minimum Gasteiger partial charge on any atom is -0.483 e. The van der Waals surface area contributed by atoms with E-state index in [1.54, 1.807) is 12.7 Å². The Labute approximate surface area is 182 Å². The third-order valence-corrected chi connectivity index (χ3v) is 6.41. The Bertz CT molecular complexity index is 832. The summed E-state index contributed by atoms with van der Waals surface area (Å²) in [6.07, 6.45) is 4.47. The number of carbonyl (C=O) groups is 2. The lowest BCUT2D eigenvalue weighted by atomic mass is 9.95. The van der Waals surface area contributed by atoms with Gasteiger partial charge in [-0.3, -0.25) is 14.5 Å². The van der Waals surface area contributed by atoms with Crippen molar-refractivity contribution in [3.05, 3.63) is 48.5 Å². The molecule has 1 aliphatic heterocycles. The molecule has 1 aromatic carbocycles. The molecule has 0 radical (unpaired) electrons. The molecule has 2 heterocycles. The van der Waals surface area contributed by atoms with Gasteiger partial charge in [0.2, 0.25) is 5.91 Å². The molecular weight excluding hydrogens is 398 g/mol. The van der Waals surface area contributed by atoms with E-state index in [0.717, 1.165) is 26.1 Å². The summed E-state index contributed by atoms with van der Waals surface area (Å²) >= 11 is 0.